The molecule has 1 aromatic carbocycles. The van der Waals surface area contributed by atoms with Crippen LogP contribution in [0.5, 0.6) is 5.75 Å². The Morgan fingerprint density at radius 2 is 2.00 bits per heavy atom. The molecule has 2 rings (SSSR count). The molecule has 19 heavy (non-hydrogen) atoms. The van der Waals surface area contributed by atoms with E-state index in [1.54, 1.807) is 6.20 Å². The van der Waals surface area contributed by atoms with Crippen molar-refractivity contribution in [3.63, 3.8) is 0 Å². The van der Waals surface area contributed by atoms with Gasteiger partial charge in [0.15, 0.2) is 0 Å². The van der Waals surface area contributed by atoms with Crippen LogP contribution in [0, 0.1) is 13.8 Å². The van der Waals surface area contributed by atoms with Crippen molar-refractivity contribution < 1.29 is 4.74 Å². The van der Waals surface area contributed by atoms with Crippen LogP contribution in [-0.2, 0) is 13.0 Å². The van der Waals surface area contributed by atoms with Crippen molar-refractivity contribution in [3.8, 4) is 5.75 Å². The Kier molecular flexibility index (Phi) is 4.53. The Labute approximate surface area is 114 Å². The summed E-state index contributed by atoms with van der Waals surface area (Å²) in [7, 11) is 0. The zero-order valence-corrected chi connectivity index (χ0v) is 11.5. The van der Waals surface area contributed by atoms with Gasteiger partial charge >= 0.3 is 0 Å². The third-order valence-corrected chi connectivity index (χ3v) is 3.10. The van der Waals surface area contributed by atoms with Gasteiger partial charge in [-0.2, -0.15) is 0 Å². The number of nitrogens with two attached hydrogens (primary N) is 1. The summed E-state index contributed by atoms with van der Waals surface area (Å²) in [5.74, 6) is 0.793. The Morgan fingerprint density at radius 1 is 1.16 bits per heavy atom. The Balaban J connectivity index is 2.00. The van der Waals surface area contributed by atoms with Crippen molar-refractivity contribution in [3.05, 3.63) is 58.9 Å². The summed E-state index contributed by atoms with van der Waals surface area (Å²) in [6.45, 7) is 5.38. The van der Waals surface area contributed by atoms with Crippen LogP contribution in [0.25, 0.3) is 0 Å². The van der Waals surface area contributed by atoms with E-state index in [1.165, 1.54) is 16.7 Å². The Morgan fingerprint density at radius 3 is 2.68 bits per heavy atom. The van der Waals surface area contributed by atoms with Gasteiger partial charge in [0.1, 0.15) is 12.4 Å². The van der Waals surface area contributed by atoms with Crippen molar-refractivity contribution in [2.45, 2.75) is 26.9 Å². The normalized spacial score (nSPS) is 10.5. The average molecular weight is 256 g/mol. The molecule has 0 amide bonds. The van der Waals surface area contributed by atoms with E-state index < -0.39 is 0 Å². The molecule has 0 unspecified atom stereocenters. The van der Waals surface area contributed by atoms with Gasteiger partial charge in [-0.1, -0.05) is 23.8 Å². The van der Waals surface area contributed by atoms with Crippen LogP contribution in [0.15, 0.2) is 36.5 Å². The Hall–Kier alpha value is -1.87. The summed E-state index contributed by atoms with van der Waals surface area (Å²) >= 11 is 0. The molecule has 1 aromatic heterocycles. The minimum Gasteiger partial charge on any atom is -0.487 e. The lowest BCUT2D eigenvalue weighted by atomic mass is 10.1. The summed E-state index contributed by atoms with van der Waals surface area (Å²) in [6.07, 6.45) is 2.56. The summed E-state index contributed by atoms with van der Waals surface area (Å²) < 4.78 is 5.77. The van der Waals surface area contributed by atoms with Crippen LogP contribution in [0.2, 0.25) is 0 Å². The van der Waals surface area contributed by atoms with E-state index in [2.05, 4.69) is 37.0 Å². The van der Waals surface area contributed by atoms with E-state index in [9.17, 15) is 0 Å². The molecule has 2 aromatic rings. The predicted molar refractivity (Wildman–Crippen MR) is 77.2 cm³/mol. The third-order valence-electron chi connectivity index (χ3n) is 3.10. The van der Waals surface area contributed by atoms with Crippen LogP contribution in [0.1, 0.15) is 22.4 Å². The zero-order valence-electron chi connectivity index (χ0n) is 11.5. The summed E-state index contributed by atoms with van der Waals surface area (Å²) in [6, 6.07) is 10.3. The topological polar surface area (TPSA) is 48.1 Å². The smallest absolute Gasteiger partial charge is 0.138 e. The monoisotopic (exact) mass is 256 g/mol. The maximum atomic E-state index is 5.77. The highest BCUT2D eigenvalue weighted by Crippen LogP contribution is 2.15. The lowest BCUT2D eigenvalue weighted by molar-refractivity contribution is 0.304. The maximum Gasteiger partial charge on any atom is 0.138 e. The van der Waals surface area contributed by atoms with E-state index in [0.717, 1.165) is 17.9 Å². The first-order valence-corrected chi connectivity index (χ1v) is 6.53. The van der Waals surface area contributed by atoms with E-state index in [4.69, 9.17) is 10.5 Å². The second kappa shape index (κ2) is 6.34. The molecule has 0 aliphatic rings. The fourth-order valence-corrected chi connectivity index (χ4v) is 1.91. The van der Waals surface area contributed by atoms with E-state index in [-0.39, 0.29) is 0 Å². The number of benzene rings is 1. The summed E-state index contributed by atoms with van der Waals surface area (Å²) in [5, 5.41) is 0. The van der Waals surface area contributed by atoms with Gasteiger partial charge < -0.3 is 10.5 Å². The SMILES string of the molecule is Cc1ccc(C)c(COc2ccc(CCN)nc2)c1. The molecule has 0 saturated heterocycles. The predicted octanol–water partition coefficient (Wildman–Crippen LogP) is 2.78. The molecular formula is C16H20N2O. The highest BCUT2D eigenvalue weighted by Gasteiger charge is 2.01. The van der Waals surface area contributed by atoms with Gasteiger partial charge in [0.05, 0.1) is 6.20 Å². The van der Waals surface area contributed by atoms with Crippen molar-refractivity contribution >= 4 is 0 Å². The van der Waals surface area contributed by atoms with Gasteiger partial charge in [0, 0.05) is 12.1 Å². The fraction of sp³-hybridized carbons (Fsp3) is 0.312. The van der Waals surface area contributed by atoms with Crippen LogP contribution in [0.4, 0.5) is 0 Å². The molecule has 1 heterocycles. The highest BCUT2D eigenvalue weighted by molar-refractivity contribution is 5.30. The number of pyridine rings is 1. The first-order chi connectivity index (χ1) is 9.19. The van der Waals surface area contributed by atoms with Gasteiger partial charge in [-0.05, 0) is 43.7 Å². The minimum absolute atomic E-state index is 0.575. The van der Waals surface area contributed by atoms with Crippen molar-refractivity contribution in [2.24, 2.45) is 5.73 Å². The second-order valence-corrected chi connectivity index (χ2v) is 4.74. The van der Waals surface area contributed by atoms with Gasteiger partial charge in [-0.25, -0.2) is 0 Å². The summed E-state index contributed by atoms with van der Waals surface area (Å²) in [5.41, 5.74) is 10.2. The first kappa shape index (κ1) is 13.6. The summed E-state index contributed by atoms with van der Waals surface area (Å²) in [4.78, 5) is 4.32. The van der Waals surface area contributed by atoms with Crippen molar-refractivity contribution in [2.75, 3.05) is 6.54 Å². The molecular weight excluding hydrogens is 236 g/mol. The molecule has 3 heteroatoms. The molecule has 0 atom stereocenters. The molecule has 0 saturated carbocycles. The fourth-order valence-electron chi connectivity index (χ4n) is 1.91. The number of nitrogens with zero attached hydrogens (tertiary/aromatic N) is 1. The van der Waals surface area contributed by atoms with Crippen molar-refractivity contribution in [1.82, 2.24) is 4.98 Å². The number of hydrogen-bond donors (Lipinski definition) is 1. The largest absolute Gasteiger partial charge is 0.487 e. The number of hydrogen-bond acceptors (Lipinski definition) is 3. The minimum atomic E-state index is 0.575. The quantitative estimate of drug-likeness (QED) is 0.895. The van der Waals surface area contributed by atoms with E-state index in [1.807, 2.05) is 12.1 Å². The average Bonchev–Trinajstić information content (AvgIpc) is 2.42. The molecule has 100 valence electrons. The van der Waals surface area contributed by atoms with Gasteiger partial charge in [0.25, 0.3) is 0 Å². The number of rotatable bonds is 5. The molecule has 0 spiro atoms. The van der Waals surface area contributed by atoms with Gasteiger partial charge in [-0.15, -0.1) is 0 Å². The van der Waals surface area contributed by atoms with Crippen LogP contribution < -0.4 is 10.5 Å². The third kappa shape index (κ3) is 3.80. The number of aryl methyl sites for hydroxylation is 2. The maximum absolute atomic E-state index is 5.77. The molecule has 0 bridgehead atoms. The lowest BCUT2D eigenvalue weighted by Gasteiger charge is -2.09. The van der Waals surface area contributed by atoms with E-state index >= 15 is 0 Å². The number of ether oxygens (including phenoxy) is 1. The van der Waals surface area contributed by atoms with Crippen LogP contribution >= 0.6 is 0 Å². The first-order valence-electron chi connectivity index (χ1n) is 6.53. The van der Waals surface area contributed by atoms with Crippen LogP contribution in [0.3, 0.4) is 0 Å². The Bertz CT molecular complexity index is 535. The van der Waals surface area contributed by atoms with Crippen LogP contribution in [-0.4, -0.2) is 11.5 Å². The zero-order chi connectivity index (χ0) is 13.7. The van der Waals surface area contributed by atoms with Crippen molar-refractivity contribution in [1.29, 1.82) is 0 Å². The second-order valence-electron chi connectivity index (χ2n) is 4.74. The molecule has 0 radical (unpaired) electrons. The highest BCUT2D eigenvalue weighted by atomic mass is 16.5. The molecule has 0 aliphatic heterocycles. The van der Waals surface area contributed by atoms with Gasteiger partial charge in [0.2, 0.25) is 0 Å². The number of aromatic nitrogens is 1. The molecule has 0 fully saturated rings. The lowest BCUT2D eigenvalue weighted by Crippen LogP contribution is -2.04. The van der Waals surface area contributed by atoms with E-state index in [0.29, 0.717) is 13.2 Å². The molecule has 3 nitrogen and oxygen atoms in total. The standard InChI is InChI=1S/C16H20N2O/c1-12-3-4-13(2)14(9-12)11-19-16-6-5-15(7-8-17)18-10-16/h3-6,9-10H,7-8,11,17H2,1-2H3. The molecule has 2 N–H and O–H groups in total. The molecule has 0 aliphatic carbocycles. The van der Waals surface area contributed by atoms with Gasteiger partial charge in [-0.3, -0.25) is 4.98 Å².